The first-order chi connectivity index (χ1) is 16.0. The maximum absolute atomic E-state index is 13.9. The summed E-state index contributed by atoms with van der Waals surface area (Å²) < 4.78 is 14.2. The SMILES string of the molecule is O=C1C(N[C@H](Cc2ccccc2)C(=O)Nc2ccc(Br)c(F)c2)=C/C(=N/O)c2ccccc21. The number of hydrogen-bond acceptors (Lipinski definition) is 5. The average Bonchev–Trinajstić information content (AvgIpc) is 2.83. The van der Waals surface area contributed by atoms with Crippen molar-refractivity contribution in [2.45, 2.75) is 12.5 Å². The van der Waals surface area contributed by atoms with Crippen LogP contribution in [0, 0.1) is 5.82 Å². The van der Waals surface area contributed by atoms with E-state index in [1.165, 1.54) is 18.2 Å². The van der Waals surface area contributed by atoms with Crippen molar-refractivity contribution in [2.75, 3.05) is 5.32 Å². The molecule has 1 aliphatic rings. The van der Waals surface area contributed by atoms with Crippen LogP contribution in [0.2, 0.25) is 0 Å². The van der Waals surface area contributed by atoms with E-state index in [1.54, 1.807) is 30.3 Å². The van der Waals surface area contributed by atoms with Crippen molar-refractivity contribution in [3.05, 3.63) is 112 Å². The Labute approximate surface area is 198 Å². The highest BCUT2D eigenvalue weighted by Crippen LogP contribution is 2.22. The molecule has 0 fully saturated rings. The number of nitrogens with zero attached hydrogens (tertiary/aromatic N) is 1. The van der Waals surface area contributed by atoms with E-state index in [0.29, 0.717) is 11.1 Å². The first-order valence-electron chi connectivity index (χ1n) is 10.1. The maximum Gasteiger partial charge on any atom is 0.247 e. The monoisotopic (exact) mass is 507 g/mol. The molecule has 3 N–H and O–H groups in total. The van der Waals surface area contributed by atoms with Gasteiger partial charge in [0.25, 0.3) is 0 Å². The van der Waals surface area contributed by atoms with E-state index >= 15 is 0 Å². The minimum absolute atomic E-state index is 0.125. The minimum atomic E-state index is -0.862. The third kappa shape index (κ3) is 5.01. The van der Waals surface area contributed by atoms with Crippen molar-refractivity contribution >= 4 is 39.0 Å². The Morgan fingerprint density at radius 2 is 1.73 bits per heavy atom. The zero-order valence-electron chi connectivity index (χ0n) is 17.3. The second-order valence-electron chi connectivity index (χ2n) is 7.42. The summed E-state index contributed by atoms with van der Waals surface area (Å²) in [6, 6.07) is 19.5. The van der Waals surface area contributed by atoms with Crippen LogP contribution in [0.1, 0.15) is 21.5 Å². The molecule has 0 radical (unpaired) electrons. The summed E-state index contributed by atoms with van der Waals surface area (Å²) in [5.74, 6) is -1.28. The molecule has 166 valence electrons. The van der Waals surface area contributed by atoms with Gasteiger partial charge in [0, 0.05) is 23.2 Å². The molecule has 0 saturated carbocycles. The number of Topliss-reactive ketones (excluding diaryl/α,β-unsaturated/α-hetero) is 1. The summed E-state index contributed by atoms with van der Waals surface area (Å²) in [6.07, 6.45) is 1.68. The van der Waals surface area contributed by atoms with Gasteiger partial charge in [0.1, 0.15) is 17.6 Å². The highest BCUT2D eigenvalue weighted by atomic mass is 79.9. The van der Waals surface area contributed by atoms with Gasteiger partial charge in [-0.1, -0.05) is 59.8 Å². The number of ketones is 1. The van der Waals surface area contributed by atoms with Crippen LogP contribution >= 0.6 is 15.9 Å². The van der Waals surface area contributed by atoms with Gasteiger partial charge in [-0.15, -0.1) is 0 Å². The first kappa shape index (κ1) is 22.4. The zero-order valence-corrected chi connectivity index (χ0v) is 18.8. The summed E-state index contributed by atoms with van der Waals surface area (Å²) in [6.45, 7) is 0. The minimum Gasteiger partial charge on any atom is -0.410 e. The van der Waals surface area contributed by atoms with E-state index in [2.05, 4.69) is 31.7 Å². The van der Waals surface area contributed by atoms with E-state index in [4.69, 9.17) is 0 Å². The number of allylic oxidation sites excluding steroid dienone is 2. The Morgan fingerprint density at radius 1 is 1.03 bits per heavy atom. The smallest absolute Gasteiger partial charge is 0.247 e. The second kappa shape index (κ2) is 9.79. The summed E-state index contributed by atoms with van der Waals surface area (Å²) in [5, 5.41) is 18.5. The number of amides is 1. The fraction of sp³-hybridized carbons (Fsp3) is 0.0800. The van der Waals surface area contributed by atoms with Gasteiger partial charge < -0.3 is 15.8 Å². The van der Waals surface area contributed by atoms with Crippen LogP contribution in [0.4, 0.5) is 10.1 Å². The Morgan fingerprint density at radius 3 is 2.42 bits per heavy atom. The van der Waals surface area contributed by atoms with Gasteiger partial charge in [-0.05, 0) is 45.8 Å². The van der Waals surface area contributed by atoms with Crippen LogP contribution in [0.5, 0.6) is 0 Å². The lowest BCUT2D eigenvalue weighted by Gasteiger charge is -2.24. The zero-order chi connectivity index (χ0) is 23.4. The normalized spacial score (nSPS) is 14.9. The number of carbonyl (C=O) groups is 2. The molecule has 3 aromatic carbocycles. The van der Waals surface area contributed by atoms with E-state index in [1.807, 2.05) is 30.3 Å². The van der Waals surface area contributed by atoms with Crippen LogP contribution in [0.25, 0.3) is 0 Å². The molecule has 1 amide bonds. The number of oxime groups is 1. The van der Waals surface area contributed by atoms with Gasteiger partial charge in [0.2, 0.25) is 11.7 Å². The number of nitrogens with one attached hydrogen (secondary N) is 2. The molecule has 0 unspecified atom stereocenters. The molecule has 0 heterocycles. The van der Waals surface area contributed by atoms with Crippen molar-refractivity contribution in [1.29, 1.82) is 0 Å². The van der Waals surface area contributed by atoms with Gasteiger partial charge in [0.15, 0.2) is 0 Å². The number of rotatable bonds is 6. The largest absolute Gasteiger partial charge is 0.410 e. The molecular weight excluding hydrogens is 489 g/mol. The van der Waals surface area contributed by atoms with Gasteiger partial charge in [-0.3, -0.25) is 9.59 Å². The Kier molecular flexibility index (Phi) is 6.65. The standard InChI is InChI=1S/C25H19BrFN3O3/c26-19-11-10-16(13-20(19)27)28-25(32)23(12-15-6-2-1-3-7-15)29-22-14-21(30-33)17-8-4-5-9-18(17)24(22)31/h1-11,13-14,23,29,33H,12H2,(H,28,32)/b30-21-/t23-/m1/s1. The predicted molar refractivity (Wildman–Crippen MR) is 127 cm³/mol. The van der Waals surface area contributed by atoms with Crippen molar-refractivity contribution in [2.24, 2.45) is 5.16 Å². The highest BCUT2D eigenvalue weighted by molar-refractivity contribution is 9.10. The van der Waals surface area contributed by atoms with Gasteiger partial charge in [0.05, 0.1) is 10.2 Å². The number of fused-ring (bicyclic) bond motifs is 1. The summed E-state index contributed by atoms with van der Waals surface area (Å²) >= 11 is 3.09. The number of hydrogen-bond donors (Lipinski definition) is 3. The summed E-state index contributed by atoms with van der Waals surface area (Å²) in [7, 11) is 0. The van der Waals surface area contributed by atoms with E-state index in [9.17, 15) is 19.2 Å². The lowest BCUT2D eigenvalue weighted by Crippen LogP contribution is -2.44. The van der Waals surface area contributed by atoms with E-state index in [-0.39, 0.29) is 33.8 Å². The molecule has 3 aromatic rings. The molecule has 33 heavy (non-hydrogen) atoms. The van der Waals surface area contributed by atoms with Crippen LogP contribution in [0.15, 0.2) is 94.2 Å². The first-order valence-corrected chi connectivity index (χ1v) is 10.9. The van der Waals surface area contributed by atoms with Crippen molar-refractivity contribution in [3.63, 3.8) is 0 Å². The molecule has 1 atom stereocenters. The summed E-state index contributed by atoms with van der Waals surface area (Å²) in [5.41, 5.74) is 2.36. The third-order valence-electron chi connectivity index (χ3n) is 5.20. The van der Waals surface area contributed by atoms with Crippen LogP contribution in [-0.2, 0) is 11.2 Å². The number of carbonyl (C=O) groups excluding carboxylic acids is 2. The van der Waals surface area contributed by atoms with Crippen molar-refractivity contribution in [3.8, 4) is 0 Å². The molecule has 8 heteroatoms. The van der Waals surface area contributed by atoms with Gasteiger partial charge in [-0.25, -0.2) is 4.39 Å². The predicted octanol–water partition coefficient (Wildman–Crippen LogP) is 4.69. The number of anilines is 1. The fourth-order valence-electron chi connectivity index (χ4n) is 3.57. The van der Waals surface area contributed by atoms with E-state index in [0.717, 1.165) is 5.56 Å². The van der Waals surface area contributed by atoms with Gasteiger partial charge in [-0.2, -0.15) is 0 Å². The van der Waals surface area contributed by atoms with Crippen LogP contribution in [-0.4, -0.2) is 28.7 Å². The van der Waals surface area contributed by atoms with Crippen LogP contribution < -0.4 is 10.6 Å². The Bertz CT molecular complexity index is 1270. The Hall–Kier alpha value is -3.78. The van der Waals surface area contributed by atoms with Crippen LogP contribution in [0.3, 0.4) is 0 Å². The number of halogens is 2. The lowest BCUT2D eigenvalue weighted by molar-refractivity contribution is -0.117. The second-order valence-corrected chi connectivity index (χ2v) is 8.28. The quantitative estimate of drug-likeness (QED) is 0.333. The van der Waals surface area contributed by atoms with Crippen molar-refractivity contribution < 1.29 is 19.2 Å². The van der Waals surface area contributed by atoms with E-state index < -0.39 is 17.8 Å². The third-order valence-corrected chi connectivity index (χ3v) is 5.84. The molecular formula is C25H19BrFN3O3. The molecule has 4 rings (SSSR count). The maximum atomic E-state index is 13.9. The Balaban J connectivity index is 1.63. The molecule has 0 aliphatic heterocycles. The van der Waals surface area contributed by atoms with Crippen molar-refractivity contribution in [1.82, 2.24) is 5.32 Å². The van der Waals surface area contributed by atoms with Gasteiger partial charge >= 0.3 is 0 Å². The summed E-state index contributed by atoms with van der Waals surface area (Å²) in [4.78, 5) is 26.2. The molecule has 0 spiro atoms. The topological polar surface area (TPSA) is 90.8 Å². The molecule has 1 aliphatic carbocycles. The molecule has 6 nitrogen and oxygen atoms in total. The number of benzene rings is 3. The lowest BCUT2D eigenvalue weighted by atomic mass is 9.91. The molecule has 0 aromatic heterocycles. The fourth-order valence-corrected chi connectivity index (χ4v) is 3.82. The molecule has 0 bridgehead atoms. The average molecular weight is 508 g/mol. The highest BCUT2D eigenvalue weighted by Gasteiger charge is 2.28. The molecule has 0 saturated heterocycles.